The Morgan fingerprint density at radius 3 is 2.33 bits per heavy atom. The van der Waals surface area contributed by atoms with Crippen molar-refractivity contribution in [2.75, 3.05) is 10.7 Å². The Bertz CT molecular complexity index is 1120. The van der Waals surface area contributed by atoms with Crippen LogP contribution < -0.4 is 16.2 Å². The zero-order valence-electron chi connectivity index (χ0n) is 14.9. The van der Waals surface area contributed by atoms with E-state index in [1.54, 1.807) is 0 Å². The van der Waals surface area contributed by atoms with Crippen molar-refractivity contribution in [3.05, 3.63) is 86.5 Å². The van der Waals surface area contributed by atoms with Crippen molar-refractivity contribution in [1.82, 2.24) is 15.4 Å². The van der Waals surface area contributed by atoms with E-state index >= 15 is 0 Å². The van der Waals surface area contributed by atoms with Crippen LogP contribution in [-0.4, -0.2) is 25.7 Å². The van der Waals surface area contributed by atoms with Gasteiger partial charge in [0.2, 0.25) is 11.6 Å². The van der Waals surface area contributed by atoms with E-state index in [1.165, 1.54) is 36.4 Å². The molecular formula is C17H12FN7O5. The van der Waals surface area contributed by atoms with Crippen molar-refractivity contribution in [2.24, 2.45) is 0 Å². The number of amides is 1. The second kappa shape index (κ2) is 8.55. The molecule has 13 heteroatoms. The summed E-state index contributed by atoms with van der Waals surface area (Å²) in [4.78, 5) is 40.7. The molecule has 0 aliphatic heterocycles. The zero-order chi connectivity index (χ0) is 21.7. The Labute approximate surface area is 167 Å². The molecule has 12 nitrogen and oxygen atoms in total. The molecule has 1 heterocycles. The quantitative estimate of drug-likeness (QED) is 0.390. The first-order valence-corrected chi connectivity index (χ1v) is 8.18. The van der Waals surface area contributed by atoms with Crippen LogP contribution in [0.25, 0.3) is 0 Å². The summed E-state index contributed by atoms with van der Waals surface area (Å²) in [5, 5.41) is 25.1. The fourth-order valence-corrected chi connectivity index (χ4v) is 2.36. The third-order valence-electron chi connectivity index (χ3n) is 3.73. The highest BCUT2D eigenvalue weighted by atomic mass is 19.1. The highest BCUT2D eigenvalue weighted by Crippen LogP contribution is 2.31. The minimum Gasteiger partial charge on any atom is -0.334 e. The molecule has 0 radical (unpaired) electrons. The molecule has 3 rings (SSSR count). The molecule has 3 N–H and O–H groups in total. The van der Waals surface area contributed by atoms with Gasteiger partial charge >= 0.3 is 5.69 Å². The third kappa shape index (κ3) is 4.59. The Morgan fingerprint density at radius 1 is 0.967 bits per heavy atom. The molecule has 1 amide bonds. The maximum absolute atomic E-state index is 13.0. The average Bonchev–Trinajstić information content (AvgIpc) is 2.72. The van der Waals surface area contributed by atoms with Gasteiger partial charge in [-0.3, -0.25) is 35.9 Å². The van der Waals surface area contributed by atoms with Crippen LogP contribution in [-0.2, 0) is 0 Å². The number of hydrazine groups is 1. The topological polar surface area (TPSA) is 165 Å². The van der Waals surface area contributed by atoms with Crippen molar-refractivity contribution in [3.63, 3.8) is 0 Å². The predicted molar refractivity (Wildman–Crippen MR) is 103 cm³/mol. The van der Waals surface area contributed by atoms with Crippen LogP contribution >= 0.6 is 0 Å². The van der Waals surface area contributed by atoms with Crippen LogP contribution in [0, 0.1) is 26.0 Å². The van der Waals surface area contributed by atoms with Gasteiger partial charge in [0, 0.05) is 23.4 Å². The highest BCUT2D eigenvalue weighted by molar-refractivity contribution is 5.95. The van der Waals surface area contributed by atoms with Crippen molar-refractivity contribution < 1.29 is 19.0 Å². The zero-order valence-corrected chi connectivity index (χ0v) is 14.9. The number of carbonyl (C=O) groups excluding carboxylic acids is 1. The lowest BCUT2D eigenvalue weighted by Crippen LogP contribution is -2.30. The molecular weight excluding hydrogens is 401 g/mol. The van der Waals surface area contributed by atoms with Gasteiger partial charge in [-0.2, -0.15) is 0 Å². The van der Waals surface area contributed by atoms with Crippen LogP contribution in [0.1, 0.15) is 10.4 Å². The molecule has 0 atom stereocenters. The second-order valence-electron chi connectivity index (χ2n) is 5.70. The molecule has 0 bridgehead atoms. The summed E-state index contributed by atoms with van der Waals surface area (Å²) in [7, 11) is 0. The summed E-state index contributed by atoms with van der Waals surface area (Å²) in [5.41, 5.74) is 4.02. The fraction of sp³-hybridized carbons (Fsp3) is 0. The van der Waals surface area contributed by atoms with E-state index in [4.69, 9.17) is 0 Å². The van der Waals surface area contributed by atoms with Crippen LogP contribution in [0.15, 0.2) is 54.9 Å². The molecule has 3 aromatic rings. The molecule has 152 valence electrons. The number of non-ortho nitro benzene ring substituents is 1. The van der Waals surface area contributed by atoms with Crippen LogP contribution in [0.3, 0.4) is 0 Å². The van der Waals surface area contributed by atoms with E-state index in [1.807, 2.05) is 0 Å². The Kier molecular flexibility index (Phi) is 5.72. The summed E-state index contributed by atoms with van der Waals surface area (Å²) in [6, 6.07) is 9.93. The first kappa shape index (κ1) is 20.1. The van der Waals surface area contributed by atoms with Gasteiger partial charge in [0.15, 0.2) is 0 Å². The van der Waals surface area contributed by atoms with E-state index in [-0.39, 0.29) is 28.6 Å². The largest absolute Gasteiger partial charge is 0.355 e. The molecule has 1 aromatic heterocycles. The molecule has 0 saturated heterocycles. The molecule has 0 spiro atoms. The maximum atomic E-state index is 13.0. The highest BCUT2D eigenvalue weighted by Gasteiger charge is 2.24. The Morgan fingerprint density at radius 2 is 1.67 bits per heavy atom. The van der Waals surface area contributed by atoms with Gasteiger partial charge in [-0.25, -0.2) is 14.4 Å². The van der Waals surface area contributed by atoms with Crippen LogP contribution in [0.4, 0.5) is 33.1 Å². The van der Waals surface area contributed by atoms with Crippen molar-refractivity contribution >= 4 is 34.6 Å². The van der Waals surface area contributed by atoms with Gasteiger partial charge in [-0.1, -0.05) is 6.07 Å². The molecule has 0 aliphatic rings. The summed E-state index contributed by atoms with van der Waals surface area (Å²) < 4.78 is 13.0. The number of hydrogen-bond donors (Lipinski definition) is 3. The molecule has 2 aromatic carbocycles. The van der Waals surface area contributed by atoms with E-state index in [0.29, 0.717) is 0 Å². The number of nitrogens with zero attached hydrogens (tertiary/aromatic N) is 4. The third-order valence-corrected chi connectivity index (χ3v) is 3.73. The number of carbonyl (C=O) groups is 1. The van der Waals surface area contributed by atoms with Crippen molar-refractivity contribution in [3.8, 4) is 0 Å². The smallest absolute Gasteiger partial charge is 0.334 e. The summed E-state index contributed by atoms with van der Waals surface area (Å²) in [6.45, 7) is 0. The van der Waals surface area contributed by atoms with Gasteiger partial charge in [-0.05, 0) is 30.3 Å². The van der Waals surface area contributed by atoms with Crippen molar-refractivity contribution in [1.29, 1.82) is 0 Å². The number of halogens is 1. The molecule has 0 aliphatic carbocycles. The SMILES string of the molecule is O=C(NNc1ncnc(Nc2cccc([N+](=O)[O-])c2)c1[N+](=O)[O-])c1ccc(F)cc1. The monoisotopic (exact) mass is 413 g/mol. The molecule has 0 fully saturated rings. The molecule has 0 saturated carbocycles. The number of rotatable bonds is 7. The van der Waals surface area contributed by atoms with Gasteiger partial charge in [0.25, 0.3) is 11.6 Å². The van der Waals surface area contributed by atoms with E-state index in [2.05, 4.69) is 26.1 Å². The summed E-state index contributed by atoms with van der Waals surface area (Å²) in [5.74, 6) is -1.80. The van der Waals surface area contributed by atoms with Crippen LogP contribution in [0.2, 0.25) is 0 Å². The first-order valence-electron chi connectivity index (χ1n) is 8.18. The van der Waals surface area contributed by atoms with Crippen LogP contribution in [0.5, 0.6) is 0 Å². The second-order valence-corrected chi connectivity index (χ2v) is 5.70. The van der Waals surface area contributed by atoms with Gasteiger partial charge in [-0.15, -0.1) is 0 Å². The van der Waals surface area contributed by atoms with E-state index in [9.17, 15) is 29.4 Å². The predicted octanol–water partition coefficient (Wildman–Crippen LogP) is 2.93. The number of nitro benzene ring substituents is 1. The van der Waals surface area contributed by atoms with E-state index in [0.717, 1.165) is 18.5 Å². The lowest BCUT2D eigenvalue weighted by Gasteiger charge is -2.11. The average molecular weight is 413 g/mol. The number of nitro groups is 2. The lowest BCUT2D eigenvalue weighted by atomic mass is 10.2. The lowest BCUT2D eigenvalue weighted by molar-refractivity contribution is -0.384. The molecule has 0 unspecified atom stereocenters. The summed E-state index contributed by atoms with van der Waals surface area (Å²) in [6.07, 6.45) is 0.999. The Balaban J connectivity index is 1.83. The number of aromatic nitrogens is 2. The first-order chi connectivity index (χ1) is 14.3. The minimum atomic E-state index is -0.786. The van der Waals surface area contributed by atoms with E-state index < -0.39 is 27.3 Å². The fourth-order valence-electron chi connectivity index (χ4n) is 2.36. The van der Waals surface area contributed by atoms with Gasteiger partial charge in [0.05, 0.1) is 9.85 Å². The summed E-state index contributed by atoms with van der Waals surface area (Å²) >= 11 is 0. The normalized spacial score (nSPS) is 10.2. The maximum Gasteiger partial charge on any atom is 0.355 e. The standard InChI is InChI=1S/C17H12FN7O5/c18-11-6-4-10(5-7-11)17(26)23-22-16-14(25(29)30)15(19-9-20-16)21-12-2-1-3-13(8-12)24(27)28/h1-9H,(H,23,26)(H2,19,20,21,22). The van der Waals surface area contributed by atoms with Gasteiger partial charge < -0.3 is 5.32 Å². The minimum absolute atomic E-state index is 0.107. The van der Waals surface area contributed by atoms with Gasteiger partial charge in [0.1, 0.15) is 12.1 Å². The number of benzene rings is 2. The molecule has 30 heavy (non-hydrogen) atoms. The number of hydrogen-bond acceptors (Lipinski definition) is 9. The van der Waals surface area contributed by atoms with Crippen molar-refractivity contribution in [2.45, 2.75) is 0 Å². The number of anilines is 3. The number of nitrogens with one attached hydrogen (secondary N) is 3. The Hall–Kier alpha value is -4.68.